The van der Waals surface area contributed by atoms with Crippen molar-refractivity contribution in [3.63, 3.8) is 0 Å². The molecule has 2 N–H and O–H groups in total. The second-order valence-electron chi connectivity index (χ2n) is 5.00. The first kappa shape index (κ1) is 16.7. The fourth-order valence-corrected chi connectivity index (χ4v) is 2.07. The summed E-state index contributed by atoms with van der Waals surface area (Å²) in [6.45, 7) is 7.04. The van der Waals surface area contributed by atoms with Gasteiger partial charge in [-0.1, -0.05) is 25.1 Å². The van der Waals surface area contributed by atoms with Gasteiger partial charge in [0.25, 0.3) is 0 Å². The van der Waals surface area contributed by atoms with E-state index in [4.69, 9.17) is 4.74 Å². The van der Waals surface area contributed by atoms with Gasteiger partial charge in [0.15, 0.2) is 0 Å². The zero-order valence-corrected chi connectivity index (χ0v) is 12.9. The Morgan fingerprint density at radius 3 is 2.65 bits per heavy atom. The molecule has 0 heterocycles. The molecule has 2 atom stereocenters. The van der Waals surface area contributed by atoms with Gasteiger partial charge < -0.3 is 15.4 Å². The van der Waals surface area contributed by atoms with Crippen LogP contribution in [0.1, 0.15) is 45.2 Å². The maximum Gasteiger partial charge on any atom is 0.224 e. The summed E-state index contributed by atoms with van der Waals surface area (Å²) in [5.74, 6) is 0.0325. The summed E-state index contributed by atoms with van der Waals surface area (Å²) >= 11 is 0. The highest BCUT2D eigenvalue weighted by molar-refractivity contribution is 5.91. The van der Waals surface area contributed by atoms with Gasteiger partial charge in [-0.25, -0.2) is 0 Å². The van der Waals surface area contributed by atoms with Crippen molar-refractivity contribution < 1.29 is 9.53 Å². The molecule has 4 heteroatoms. The molecule has 0 bridgehead atoms. The molecule has 0 aliphatic rings. The molecule has 0 spiro atoms. The van der Waals surface area contributed by atoms with Gasteiger partial charge in [0.05, 0.1) is 6.10 Å². The van der Waals surface area contributed by atoms with E-state index >= 15 is 0 Å². The highest BCUT2D eigenvalue weighted by atomic mass is 16.5. The number of para-hydroxylation sites is 1. The van der Waals surface area contributed by atoms with E-state index in [1.54, 1.807) is 7.11 Å². The Labute approximate surface area is 121 Å². The van der Waals surface area contributed by atoms with Crippen LogP contribution in [0.25, 0.3) is 0 Å². The predicted octanol–water partition coefficient (Wildman–Crippen LogP) is 3.11. The smallest absolute Gasteiger partial charge is 0.224 e. The number of carbonyl (C=O) groups is 1. The molecule has 2 unspecified atom stereocenters. The third-order valence-electron chi connectivity index (χ3n) is 3.39. The van der Waals surface area contributed by atoms with Crippen LogP contribution in [0.5, 0.6) is 0 Å². The molecule has 20 heavy (non-hydrogen) atoms. The molecule has 0 aromatic heterocycles. The lowest BCUT2D eigenvalue weighted by molar-refractivity contribution is -0.116. The summed E-state index contributed by atoms with van der Waals surface area (Å²) in [5, 5.41) is 6.36. The van der Waals surface area contributed by atoms with E-state index in [0.29, 0.717) is 6.42 Å². The van der Waals surface area contributed by atoms with E-state index in [0.717, 1.165) is 24.2 Å². The normalized spacial score (nSPS) is 13.8. The average molecular weight is 278 g/mol. The van der Waals surface area contributed by atoms with Crippen LogP contribution in [-0.4, -0.2) is 25.7 Å². The molecule has 1 rings (SSSR count). The molecule has 0 saturated heterocycles. The number of carbonyl (C=O) groups excluding carboxylic acids is 1. The molecule has 0 radical (unpaired) electrons. The Bertz CT molecular complexity index is 421. The van der Waals surface area contributed by atoms with Gasteiger partial charge in [0.1, 0.15) is 0 Å². The Kier molecular flexibility index (Phi) is 7.26. The second kappa shape index (κ2) is 8.72. The number of amides is 1. The zero-order chi connectivity index (χ0) is 15.0. The maximum atomic E-state index is 12.0. The van der Waals surface area contributed by atoms with Crippen LogP contribution in [0.4, 0.5) is 5.69 Å². The first-order chi connectivity index (χ1) is 9.58. The summed E-state index contributed by atoms with van der Waals surface area (Å²) in [6, 6.07) is 8.14. The van der Waals surface area contributed by atoms with E-state index in [1.807, 2.05) is 31.2 Å². The molecule has 1 aromatic rings. The number of nitrogens with one attached hydrogen (secondary N) is 2. The lowest BCUT2D eigenvalue weighted by atomic mass is 10.1. The molecule has 112 valence electrons. The predicted molar refractivity (Wildman–Crippen MR) is 82.9 cm³/mol. The number of benzene rings is 1. The van der Waals surface area contributed by atoms with Crippen LogP contribution in [0.2, 0.25) is 0 Å². The molecular formula is C16H26N2O2. The first-order valence-electron chi connectivity index (χ1n) is 7.23. The van der Waals surface area contributed by atoms with Crippen molar-refractivity contribution in [3.05, 3.63) is 29.8 Å². The first-order valence-corrected chi connectivity index (χ1v) is 7.23. The zero-order valence-electron chi connectivity index (χ0n) is 12.9. The van der Waals surface area contributed by atoms with Gasteiger partial charge in [-0.05, 0) is 38.4 Å². The monoisotopic (exact) mass is 278 g/mol. The fourth-order valence-electron chi connectivity index (χ4n) is 2.07. The van der Waals surface area contributed by atoms with Crippen molar-refractivity contribution in [3.8, 4) is 0 Å². The van der Waals surface area contributed by atoms with Crippen molar-refractivity contribution >= 4 is 11.6 Å². The summed E-state index contributed by atoms with van der Waals surface area (Å²) < 4.78 is 5.15. The van der Waals surface area contributed by atoms with Gasteiger partial charge in [0, 0.05) is 25.3 Å². The van der Waals surface area contributed by atoms with Gasteiger partial charge in [0.2, 0.25) is 5.91 Å². The quantitative estimate of drug-likeness (QED) is 0.768. The van der Waals surface area contributed by atoms with E-state index in [1.165, 1.54) is 0 Å². The van der Waals surface area contributed by atoms with Crippen LogP contribution in [0.3, 0.4) is 0 Å². The lowest BCUT2D eigenvalue weighted by Gasteiger charge is -2.18. The topological polar surface area (TPSA) is 50.4 Å². The minimum absolute atomic E-state index is 0.0325. The van der Waals surface area contributed by atoms with E-state index < -0.39 is 0 Å². The summed E-state index contributed by atoms with van der Waals surface area (Å²) in [4.78, 5) is 12.0. The third kappa shape index (κ3) is 5.31. The molecule has 1 amide bonds. The van der Waals surface area contributed by atoms with Crippen molar-refractivity contribution in [2.24, 2.45) is 0 Å². The number of methoxy groups -OCH3 is 1. The van der Waals surface area contributed by atoms with Crippen LogP contribution >= 0.6 is 0 Å². The molecule has 1 aromatic carbocycles. The van der Waals surface area contributed by atoms with E-state index in [2.05, 4.69) is 24.5 Å². The highest BCUT2D eigenvalue weighted by Crippen LogP contribution is 2.22. The third-order valence-corrected chi connectivity index (χ3v) is 3.39. The molecule has 0 saturated carbocycles. The molecular weight excluding hydrogens is 252 g/mol. The molecule has 0 aliphatic carbocycles. The van der Waals surface area contributed by atoms with Gasteiger partial charge in [-0.15, -0.1) is 0 Å². The Morgan fingerprint density at radius 2 is 2.00 bits per heavy atom. The highest BCUT2D eigenvalue weighted by Gasteiger charge is 2.12. The number of hydrogen-bond acceptors (Lipinski definition) is 3. The number of hydrogen-bond donors (Lipinski definition) is 2. The standard InChI is InChI=1S/C16H26N2O2/c1-5-17-13(3)14-8-6-7-9-15(14)18-16(19)11-10-12(2)20-4/h6-9,12-13,17H,5,10-11H2,1-4H3,(H,18,19). The van der Waals surface area contributed by atoms with Gasteiger partial charge in [-0.2, -0.15) is 0 Å². The summed E-state index contributed by atoms with van der Waals surface area (Å²) in [7, 11) is 1.66. The van der Waals surface area contributed by atoms with Crippen molar-refractivity contribution in [1.82, 2.24) is 5.32 Å². The average Bonchev–Trinajstić information content (AvgIpc) is 2.45. The van der Waals surface area contributed by atoms with Crippen LogP contribution in [0.15, 0.2) is 24.3 Å². The molecule has 0 fully saturated rings. The fraction of sp³-hybridized carbons (Fsp3) is 0.562. The van der Waals surface area contributed by atoms with Crippen molar-refractivity contribution in [1.29, 1.82) is 0 Å². The SMILES string of the molecule is CCNC(C)c1ccccc1NC(=O)CCC(C)OC. The van der Waals surface area contributed by atoms with Crippen LogP contribution in [0, 0.1) is 0 Å². The van der Waals surface area contributed by atoms with Gasteiger partial charge in [-0.3, -0.25) is 4.79 Å². The van der Waals surface area contributed by atoms with E-state index in [9.17, 15) is 4.79 Å². The van der Waals surface area contributed by atoms with Crippen LogP contribution in [-0.2, 0) is 9.53 Å². The largest absolute Gasteiger partial charge is 0.382 e. The Morgan fingerprint density at radius 1 is 1.30 bits per heavy atom. The minimum atomic E-state index is 0.0325. The van der Waals surface area contributed by atoms with Crippen LogP contribution < -0.4 is 10.6 Å². The van der Waals surface area contributed by atoms with Gasteiger partial charge >= 0.3 is 0 Å². The second-order valence-corrected chi connectivity index (χ2v) is 5.00. The van der Waals surface area contributed by atoms with Crippen molar-refractivity contribution in [2.75, 3.05) is 19.0 Å². The molecule has 4 nitrogen and oxygen atoms in total. The van der Waals surface area contributed by atoms with Crippen molar-refractivity contribution in [2.45, 2.75) is 45.8 Å². The minimum Gasteiger partial charge on any atom is -0.382 e. The number of anilines is 1. The lowest BCUT2D eigenvalue weighted by Crippen LogP contribution is -2.21. The Hall–Kier alpha value is -1.39. The maximum absolute atomic E-state index is 12.0. The Balaban J connectivity index is 2.65. The van der Waals surface area contributed by atoms with E-state index in [-0.39, 0.29) is 18.1 Å². The summed E-state index contributed by atoms with van der Waals surface area (Å²) in [6.07, 6.45) is 1.31. The number of rotatable bonds is 8. The molecule has 0 aliphatic heterocycles. The number of ether oxygens (including phenoxy) is 1. The summed E-state index contributed by atoms with van der Waals surface area (Å²) in [5.41, 5.74) is 2.00.